The van der Waals surface area contributed by atoms with Gasteiger partial charge in [-0.1, -0.05) is 97.2 Å². The molecule has 0 saturated heterocycles. The second-order valence-corrected chi connectivity index (χ2v) is 22.1. The topological polar surface area (TPSA) is 18.5 Å². The van der Waals surface area contributed by atoms with Crippen molar-refractivity contribution in [1.82, 2.24) is 0 Å². The summed E-state index contributed by atoms with van der Waals surface area (Å²) in [4.78, 5) is 0. The first kappa shape index (κ1) is 25.6. The van der Waals surface area contributed by atoms with Crippen LogP contribution in [0, 0.1) is 0 Å². The zero-order valence-electron chi connectivity index (χ0n) is 22.2. The third-order valence-corrected chi connectivity index (χ3v) is 16.1. The SMILES string of the molecule is COc1ccc2c(c1)C(c1ccccc1)=C([Si](C)(C)C)/C(=C/[Si](C(C)C)(C(C)C)C(C)C)O2. The largest absolute Gasteiger partial charge is 0.497 e. The molecule has 0 fully saturated rings. The molecule has 1 aliphatic rings. The summed E-state index contributed by atoms with van der Waals surface area (Å²) in [6.45, 7) is 21.8. The van der Waals surface area contributed by atoms with Crippen LogP contribution in [0.4, 0.5) is 0 Å². The van der Waals surface area contributed by atoms with E-state index in [1.165, 1.54) is 16.3 Å². The van der Waals surface area contributed by atoms with E-state index in [4.69, 9.17) is 9.47 Å². The minimum Gasteiger partial charge on any atom is -0.497 e. The molecule has 0 saturated carbocycles. The van der Waals surface area contributed by atoms with Gasteiger partial charge in [-0.2, -0.15) is 0 Å². The van der Waals surface area contributed by atoms with Gasteiger partial charge in [0.25, 0.3) is 0 Å². The molecule has 33 heavy (non-hydrogen) atoms. The molecule has 2 nitrogen and oxygen atoms in total. The molecule has 0 aromatic heterocycles. The Morgan fingerprint density at radius 2 is 1.39 bits per heavy atom. The van der Waals surface area contributed by atoms with Crippen molar-refractivity contribution in [3.8, 4) is 11.5 Å². The highest BCUT2D eigenvalue weighted by Gasteiger charge is 2.44. The van der Waals surface area contributed by atoms with Crippen molar-refractivity contribution in [3.05, 3.63) is 76.3 Å². The second kappa shape index (κ2) is 9.67. The van der Waals surface area contributed by atoms with E-state index in [2.05, 4.69) is 109 Å². The van der Waals surface area contributed by atoms with Gasteiger partial charge in [0.2, 0.25) is 0 Å². The molecular formula is C29H42O2Si2. The van der Waals surface area contributed by atoms with E-state index < -0.39 is 16.1 Å². The minimum atomic E-state index is -1.83. The van der Waals surface area contributed by atoms with Crippen molar-refractivity contribution in [2.24, 2.45) is 0 Å². The van der Waals surface area contributed by atoms with E-state index >= 15 is 0 Å². The van der Waals surface area contributed by atoms with Gasteiger partial charge in [0.1, 0.15) is 17.3 Å². The van der Waals surface area contributed by atoms with Gasteiger partial charge in [-0.3, -0.25) is 0 Å². The number of allylic oxidation sites excluding steroid dienone is 1. The van der Waals surface area contributed by atoms with Crippen molar-refractivity contribution >= 4 is 21.7 Å². The molecule has 0 bridgehead atoms. The third kappa shape index (κ3) is 4.78. The molecular weight excluding hydrogens is 436 g/mol. The summed E-state index contributed by atoms with van der Waals surface area (Å²) in [6.07, 6.45) is 0. The maximum atomic E-state index is 6.85. The molecule has 4 heteroatoms. The summed E-state index contributed by atoms with van der Waals surface area (Å²) >= 11 is 0. The zero-order valence-corrected chi connectivity index (χ0v) is 24.2. The van der Waals surface area contributed by atoms with Crippen LogP contribution in [0.1, 0.15) is 52.7 Å². The monoisotopic (exact) mass is 478 g/mol. The summed E-state index contributed by atoms with van der Waals surface area (Å²) in [5.41, 5.74) is 8.25. The Hall–Kier alpha value is -2.05. The Bertz CT molecular complexity index is 1020. The molecule has 2 aromatic carbocycles. The lowest BCUT2D eigenvalue weighted by Crippen LogP contribution is -2.44. The van der Waals surface area contributed by atoms with E-state index in [1.54, 1.807) is 7.11 Å². The first-order valence-corrected chi connectivity index (χ1v) is 18.1. The highest BCUT2D eigenvalue weighted by atomic mass is 28.3. The molecule has 0 atom stereocenters. The maximum Gasteiger partial charge on any atom is 0.135 e. The average Bonchev–Trinajstić information content (AvgIpc) is 2.75. The Morgan fingerprint density at radius 3 is 1.88 bits per heavy atom. The van der Waals surface area contributed by atoms with Crippen LogP contribution in [-0.2, 0) is 0 Å². The Morgan fingerprint density at radius 1 is 0.818 bits per heavy atom. The Balaban J connectivity index is 2.45. The van der Waals surface area contributed by atoms with Crippen LogP contribution >= 0.6 is 0 Å². The maximum absolute atomic E-state index is 6.85. The first-order valence-electron chi connectivity index (χ1n) is 12.3. The van der Waals surface area contributed by atoms with Crippen LogP contribution in [0.25, 0.3) is 5.57 Å². The minimum absolute atomic E-state index is 0.633. The van der Waals surface area contributed by atoms with Crippen molar-refractivity contribution in [1.29, 1.82) is 0 Å². The van der Waals surface area contributed by atoms with Gasteiger partial charge < -0.3 is 9.47 Å². The van der Waals surface area contributed by atoms with E-state index in [-0.39, 0.29) is 0 Å². The predicted molar refractivity (Wildman–Crippen MR) is 149 cm³/mol. The Kier molecular flexibility index (Phi) is 7.50. The van der Waals surface area contributed by atoms with Gasteiger partial charge in [-0.25, -0.2) is 0 Å². The molecule has 1 aliphatic heterocycles. The molecule has 0 spiro atoms. The van der Waals surface area contributed by atoms with Crippen LogP contribution in [0.15, 0.2) is 65.2 Å². The Labute approximate surface area is 203 Å². The first-order chi connectivity index (χ1) is 15.4. The zero-order chi connectivity index (χ0) is 24.6. The van der Waals surface area contributed by atoms with Crippen molar-refractivity contribution in [2.45, 2.75) is 77.8 Å². The molecule has 178 valence electrons. The molecule has 0 aliphatic carbocycles. The second-order valence-electron chi connectivity index (χ2n) is 11.3. The lowest BCUT2D eigenvalue weighted by molar-refractivity contribution is 0.408. The smallest absolute Gasteiger partial charge is 0.135 e. The van der Waals surface area contributed by atoms with Crippen molar-refractivity contribution in [2.75, 3.05) is 7.11 Å². The van der Waals surface area contributed by atoms with Gasteiger partial charge in [-0.15, -0.1) is 0 Å². The summed E-state index contributed by atoms with van der Waals surface area (Å²) in [7, 11) is -1.89. The van der Waals surface area contributed by atoms with Gasteiger partial charge in [0.15, 0.2) is 0 Å². The summed E-state index contributed by atoms with van der Waals surface area (Å²) in [5, 5.41) is 1.42. The number of methoxy groups -OCH3 is 1. The fourth-order valence-electron chi connectivity index (χ4n) is 5.83. The number of benzene rings is 2. The molecule has 0 N–H and O–H groups in total. The number of fused-ring (bicyclic) bond motifs is 1. The molecule has 3 rings (SSSR count). The lowest BCUT2D eigenvalue weighted by atomic mass is 9.94. The molecule has 0 radical (unpaired) electrons. The van der Waals surface area contributed by atoms with Crippen molar-refractivity contribution in [3.63, 3.8) is 0 Å². The molecule has 0 unspecified atom stereocenters. The summed E-state index contributed by atoms with van der Waals surface area (Å²) < 4.78 is 12.5. The standard InChI is InChI=1S/C29H42O2Si2/c1-20(2)33(21(3)4,22(5)6)19-27-29(32(8,9)10)28(23-14-12-11-13-15-23)25-18-24(30-7)16-17-26(25)31-27/h11-22H,1-10H3/b27-19-. The van der Waals surface area contributed by atoms with Crippen molar-refractivity contribution < 1.29 is 9.47 Å². The van der Waals surface area contributed by atoms with Crippen LogP contribution in [0.2, 0.25) is 36.3 Å². The van der Waals surface area contributed by atoms with E-state index in [1.807, 2.05) is 6.07 Å². The van der Waals surface area contributed by atoms with Gasteiger partial charge in [0.05, 0.1) is 23.3 Å². The van der Waals surface area contributed by atoms with Gasteiger partial charge in [0, 0.05) is 5.56 Å². The number of rotatable bonds is 7. The highest BCUT2D eigenvalue weighted by molar-refractivity contribution is 6.89. The van der Waals surface area contributed by atoms with Gasteiger partial charge >= 0.3 is 0 Å². The number of hydrogen-bond acceptors (Lipinski definition) is 2. The average molecular weight is 479 g/mol. The fraction of sp³-hybridized carbons (Fsp3) is 0.448. The molecule has 2 aromatic rings. The van der Waals surface area contributed by atoms with Crippen LogP contribution in [0.3, 0.4) is 0 Å². The van der Waals surface area contributed by atoms with Crippen LogP contribution in [0.5, 0.6) is 11.5 Å². The normalized spacial score (nSPS) is 16.0. The van der Waals surface area contributed by atoms with E-state index in [9.17, 15) is 0 Å². The summed E-state index contributed by atoms with van der Waals surface area (Å²) in [5.74, 6) is 2.92. The lowest BCUT2D eigenvalue weighted by Gasteiger charge is -2.42. The molecule has 1 heterocycles. The fourth-order valence-corrected chi connectivity index (χ4v) is 13.5. The van der Waals surface area contributed by atoms with Crippen LogP contribution in [-0.4, -0.2) is 23.3 Å². The third-order valence-electron chi connectivity index (χ3n) is 7.37. The van der Waals surface area contributed by atoms with E-state index in [0.29, 0.717) is 16.6 Å². The number of hydrogen-bond donors (Lipinski definition) is 0. The predicted octanol–water partition coefficient (Wildman–Crippen LogP) is 8.87. The quantitative estimate of drug-likeness (QED) is 0.370. The number of ether oxygens (including phenoxy) is 2. The van der Waals surface area contributed by atoms with Crippen LogP contribution < -0.4 is 9.47 Å². The molecule has 0 amide bonds. The van der Waals surface area contributed by atoms with E-state index in [0.717, 1.165) is 22.8 Å². The van der Waals surface area contributed by atoms with Gasteiger partial charge in [-0.05, 0) is 51.2 Å². The highest BCUT2D eigenvalue weighted by Crippen LogP contribution is 2.49. The summed E-state index contributed by atoms with van der Waals surface area (Å²) in [6, 6.07) is 17.1.